The Labute approximate surface area is 201 Å². The molecule has 0 saturated heterocycles. The number of ether oxygens (including phenoxy) is 1. The Morgan fingerprint density at radius 2 is 1.12 bits per heavy atom. The van der Waals surface area contributed by atoms with Crippen LogP contribution in [0.3, 0.4) is 0 Å². The molecule has 0 saturated carbocycles. The standard InChI is InChI=1S/C32H28O2/c1-23-21-31(29-15-13-27(14-16-29)25-9-5-3-6-10-25)34-32(22-23,24(2)33)30-19-17-28(18-20-30)26-11-7-4-8-12-26/h3-21,23H,22H2,1-2H3/t23-,32-/m0/s1. The second-order valence-electron chi connectivity index (χ2n) is 9.08. The highest BCUT2D eigenvalue weighted by Gasteiger charge is 2.44. The number of hydrogen-bond donors (Lipinski definition) is 0. The van der Waals surface area contributed by atoms with E-state index in [-0.39, 0.29) is 11.7 Å². The summed E-state index contributed by atoms with van der Waals surface area (Å²) in [6.45, 7) is 3.79. The van der Waals surface area contributed by atoms with E-state index < -0.39 is 5.60 Å². The van der Waals surface area contributed by atoms with Gasteiger partial charge in [-0.3, -0.25) is 4.79 Å². The van der Waals surface area contributed by atoms with Crippen LogP contribution in [0.25, 0.3) is 28.0 Å². The highest BCUT2D eigenvalue weighted by Crippen LogP contribution is 2.43. The topological polar surface area (TPSA) is 26.3 Å². The lowest BCUT2D eigenvalue weighted by molar-refractivity contribution is -0.138. The Morgan fingerprint density at radius 1 is 0.676 bits per heavy atom. The van der Waals surface area contributed by atoms with Crippen LogP contribution in [-0.2, 0) is 15.1 Å². The third-order valence-electron chi connectivity index (χ3n) is 6.63. The van der Waals surface area contributed by atoms with Gasteiger partial charge in [0.15, 0.2) is 11.4 Å². The summed E-state index contributed by atoms with van der Waals surface area (Å²) in [4.78, 5) is 13.1. The SMILES string of the molecule is CC(=O)[C@]1(c2ccc(-c3ccccc3)cc2)C[C@@H](C)C=C(c2ccc(-c3ccccc3)cc2)O1. The van der Waals surface area contributed by atoms with Crippen molar-refractivity contribution in [3.05, 3.63) is 126 Å². The maximum Gasteiger partial charge on any atom is 0.192 e. The molecule has 4 aromatic carbocycles. The first-order valence-electron chi connectivity index (χ1n) is 11.8. The Bertz CT molecular complexity index is 1300. The molecule has 0 spiro atoms. The van der Waals surface area contributed by atoms with E-state index >= 15 is 0 Å². The van der Waals surface area contributed by atoms with E-state index in [9.17, 15) is 4.79 Å². The molecule has 34 heavy (non-hydrogen) atoms. The van der Waals surface area contributed by atoms with Crippen molar-refractivity contribution in [1.82, 2.24) is 0 Å². The molecule has 2 atom stereocenters. The fraction of sp³-hybridized carbons (Fsp3) is 0.156. The molecule has 0 aromatic heterocycles. The number of rotatable bonds is 5. The van der Waals surface area contributed by atoms with Crippen LogP contribution in [0.1, 0.15) is 31.4 Å². The van der Waals surface area contributed by atoms with Gasteiger partial charge in [-0.1, -0.05) is 116 Å². The Morgan fingerprint density at radius 3 is 1.62 bits per heavy atom. The van der Waals surface area contributed by atoms with Gasteiger partial charge in [-0.2, -0.15) is 0 Å². The van der Waals surface area contributed by atoms with Crippen LogP contribution < -0.4 is 0 Å². The fourth-order valence-electron chi connectivity index (χ4n) is 4.80. The molecule has 0 unspecified atom stereocenters. The van der Waals surface area contributed by atoms with Crippen molar-refractivity contribution in [1.29, 1.82) is 0 Å². The number of benzene rings is 4. The van der Waals surface area contributed by atoms with Gasteiger partial charge < -0.3 is 4.74 Å². The molecule has 2 heteroatoms. The lowest BCUT2D eigenvalue weighted by atomic mass is 9.79. The molecule has 1 aliphatic heterocycles. The van der Waals surface area contributed by atoms with Crippen molar-refractivity contribution in [2.75, 3.05) is 0 Å². The Kier molecular flexibility index (Phi) is 5.90. The molecule has 0 aliphatic carbocycles. The van der Waals surface area contributed by atoms with Gasteiger partial charge in [-0.25, -0.2) is 0 Å². The summed E-state index contributed by atoms with van der Waals surface area (Å²) in [5.41, 5.74) is 5.51. The summed E-state index contributed by atoms with van der Waals surface area (Å²) < 4.78 is 6.58. The normalized spacial score (nSPS) is 19.7. The minimum atomic E-state index is -0.989. The minimum absolute atomic E-state index is 0.0262. The van der Waals surface area contributed by atoms with Gasteiger partial charge in [-0.15, -0.1) is 0 Å². The van der Waals surface area contributed by atoms with E-state index in [0.29, 0.717) is 6.42 Å². The van der Waals surface area contributed by atoms with Gasteiger partial charge in [0.25, 0.3) is 0 Å². The zero-order valence-corrected chi connectivity index (χ0v) is 19.6. The summed E-state index contributed by atoms with van der Waals surface area (Å²) in [7, 11) is 0. The van der Waals surface area contributed by atoms with Gasteiger partial charge in [0, 0.05) is 17.5 Å². The summed E-state index contributed by atoms with van der Waals surface area (Å²) in [5, 5.41) is 0. The van der Waals surface area contributed by atoms with E-state index in [1.807, 2.05) is 48.5 Å². The van der Waals surface area contributed by atoms with Crippen molar-refractivity contribution in [3.63, 3.8) is 0 Å². The number of carbonyl (C=O) groups is 1. The van der Waals surface area contributed by atoms with Crippen LogP contribution in [0.5, 0.6) is 0 Å². The summed E-state index contributed by atoms with van der Waals surface area (Å²) in [5.74, 6) is 0.995. The summed E-state index contributed by atoms with van der Waals surface area (Å²) in [6, 6.07) is 37.2. The molecule has 0 N–H and O–H groups in total. The largest absolute Gasteiger partial charge is 0.474 e. The van der Waals surface area contributed by atoms with Crippen molar-refractivity contribution in [2.24, 2.45) is 5.92 Å². The lowest BCUT2D eigenvalue weighted by Crippen LogP contribution is -2.40. The van der Waals surface area contributed by atoms with Crippen molar-refractivity contribution in [2.45, 2.75) is 25.9 Å². The molecule has 2 nitrogen and oxygen atoms in total. The highest BCUT2D eigenvalue weighted by atomic mass is 16.5. The number of hydrogen-bond acceptors (Lipinski definition) is 2. The predicted octanol–water partition coefficient (Wildman–Crippen LogP) is 7.90. The number of carbonyl (C=O) groups excluding carboxylic acids is 1. The third-order valence-corrected chi connectivity index (χ3v) is 6.63. The van der Waals surface area contributed by atoms with Gasteiger partial charge in [0.1, 0.15) is 5.76 Å². The van der Waals surface area contributed by atoms with Crippen LogP contribution in [0.15, 0.2) is 115 Å². The predicted molar refractivity (Wildman–Crippen MR) is 139 cm³/mol. The molecule has 0 bridgehead atoms. The lowest BCUT2D eigenvalue weighted by Gasteiger charge is -2.39. The van der Waals surface area contributed by atoms with Gasteiger partial charge in [-0.05, 0) is 41.2 Å². The quantitative estimate of drug-likeness (QED) is 0.313. The zero-order chi connectivity index (χ0) is 23.5. The first-order chi connectivity index (χ1) is 16.5. The molecular formula is C32H28O2. The maximum absolute atomic E-state index is 13.1. The van der Waals surface area contributed by atoms with E-state index in [4.69, 9.17) is 4.74 Å². The van der Waals surface area contributed by atoms with Crippen LogP contribution in [0.2, 0.25) is 0 Å². The van der Waals surface area contributed by atoms with Crippen molar-refractivity contribution in [3.8, 4) is 22.3 Å². The Hall–Kier alpha value is -3.91. The smallest absolute Gasteiger partial charge is 0.192 e. The monoisotopic (exact) mass is 444 g/mol. The van der Waals surface area contributed by atoms with E-state index in [2.05, 4.69) is 73.7 Å². The van der Waals surface area contributed by atoms with Crippen molar-refractivity contribution >= 4 is 11.5 Å². The van der Waals surface area contributed by atoms with E-state index in [1.54, 1.807) is 6.92 Å². The molecule has 0 fully saturated rings. The maximum atomic E-state index is 13.1. The van der Waals surface area contributed by atoms with Crippen molar-refractivity contribution < 1.29 is 9.53 Å². The van der Waals surface area contributed by atoms with E-state index in [0.717, 1.165) is 33.6 Å². The first-order valence-corrected chi connectivity index (χ1v) is 11.8. The second-order valence-corrected chi connectivity index (χ2v) is 9.08. The molecule has 168 valence electrons. The molecule has 0 amide bonds. The summed E-state index contributed by atoms with van der Waals surface area (Å²) in [6.07, 6.45) is 2.76. The number of Topliss-reactive ketones (excluding diaryl/α,β-unsaturated/α-hetero) is 1. The van der Waals surface area contributed by atoms with E-state index in [1.165, 1.54) is 5.56 Å². The first kappa shape index (κ1) is 21.9. The fourth-order valence-corrected chi connectivity index (χ4v) is 4.80. The number of ketones is 1. The average molecular weight is 445 g/mol. The van der Waals surface area contributed by atoms with Crippen LogP contribution >= 0.6 is 0 Å². The molecular weight excluding hydrogens is 416 g/mol. The Balaban J connectivity index is 1.46. The third kappa shape index (κ3) is 4.20. The van der Waals surface area contributed by atoms with Gasteiger partial charge >= 0.3 is 0 Å². The molecule has 1 heterocycles. The van der Waals surface area contributed by atoms with Gasteiger partial charge in [0.2, 0.25) is 0 Å². The molecule has 0 radical (unpaired) electrons. The molecule has 1 aliphatic rings. The molecule has 5 rings (SSSR count). The van der Waals surface area contributed by atoms with Crippen LogP contribution in [-0.4, -0.2) is 5.78 Å². The minimum Gasteiger partial charge on any atom is -0.474 e. The highest BCUT2D eigenvalue weighted by molar-refractivity contribution is 5.88. The number of allylic oxidation sites excluding steroid dienone is 1. The average Bonchev–Trinajstić information content (AvgIpc) is 2.89. The van der Waals surface area contributed by atoms with Crippen LogP contribution in [0, 0.1) is 5.92 Å². The zero-order valence-electron chi connectivity index (χ0n) is 19.6. The molecule has 4 aromatic rings. The van der Waals surface area contributed by atoms with Gasteiger partial charge in [0.05, 0.1) is 0 Å². The van der Waals surface area contributed by atoms with Crippen LogP contribution in [0.4, 0.5) is 0 Å². The summed E-state index contributed by atoms with van der Waals surface area (Å²) >= 11 is 0. The second kappa shape index (κ2) is 9.15.